The number of hydrogen-bond donors (Lipinski definition) is 0. The fourth-order valence-electron chi connectivity index (χ4n) is 11.3. The van der Waals surface area contributed by atoms with Crippen LogP contribution in [0, 0.1) is 51.4 Å². The summed E-state index contributed by atoms with van der Waals surface area (Å²) in [6.07, 6.45) is 34.4. The first-order valence-corrected chi connectivity index (χ1v) is 26.0. The fraction of sp³-hybridized carbons (Fsp3) is 0.375. The highest BCUT2D eigenvalue weighted by Gasteiger charge is 2.26. The summed E-state index contributed by atoms with van der Waals surface area (Å²) in [5, 5.41) is 2.64. The van der Waals surface area contributed by atoms with Crippen molar-refractivity contribution in [3.05, 3.63) is 196 Å². The van der Waals surface area contributed by atoms with Crippen LogP contribution in [0.5, 0.6) is 0 Å². The van der Waals surface area contributed by atoms with Crippen LogP contribution < -0.4 is 0 Å². The second kappa shape index (κ2) is 22.0. The number of imidazole rings is 2. The molecule has 4 unspecified atom stereocenters. The average molecular weight is 899 g/mol. The first-order valence-electron chi connectivity index (χ1n) is 26.0. The van der Waals surface area contributed by atoms with Gasteiger partial charge in [-0.1, -0.05) is 157 Å². The molecule has 0 amide bonds. The van der Waals surface area contributed by atoms with Crippen molar-refractivity contribution < 1.29 is 0 Å². The summed E-state index contributed by atoms with van der Waals surface area (Å²) < 4.78 is 4.72. The molecule has 4 nitrogen and oxygen atoms in total. The first kappa shape index (κ1) is 47.1. The minimum Gasteiger partial charge on any atom is -0.328 e. The molecule has 350 valence electrons. The SMILES string of the molecule is CC1=CC2CCCC2C=C1.CC1=CC2CCCC2C=C1.Cc1ccc2c(c1)C=CC2.Cc1ccc2c(c1)nc1n2CCC1.Cc1ccc2c(c1)nc1n2CCCC1.Cc1ccc2ccccc2c1. The minimum atomic E-state index is 0.892. The summed E-state index contributed by atoms with van der Waals surface area (Å²) in [5.74, 6) is 6.11. The number of aryl methyl sites for hydroxylation is 8. The Balaban J connectivity index is 0.000000102. The lowest BCUT2D eigenvalue weighted by Gasteiger charge is -2.16. The molecule has 2 aliphatic heterocycles. The molecule has 5 aliphatic carbocycles. The molecule has 0 saturated heterocycles. The third kappa shape index (κ3) is 11.6. The predicted octanol–water partition coefficient (Wildman–Crippen LogP) is 16.5. The normalized spacial score (nSPS) is 20.9. The molecule has 2 saturated carbocycles. The molecule has 2 fully saturated rings. The van der Waals surface area contributed by atoms with Gasteiger partial charge >= 0.3 is 0 Å². The summed E-state index contributed by atoms with van der Waals surface area (Å²) in [6, 6.07) is 34.6. The highest BCUT2D eigenvalue weighted by Crippen LogP contribution is 2.38. The minimum absolute atomic E-state index is 0.892. The Bertz CT molecular complexity index is 2970. The van der Waals surface area contributed by atoms with E-state index >= 15 is 0 Å². The van der Waals surface area contributed by atoms with Crippen LogP contribution in [0.4, 0.5) is 0 Å². The molecule has 4 atom stereocenters. The van der Waals surface area contributed by atoms with E-state index in [-0.39, 0.29) is 0 Å². The van der Waals surface area contributed by atoms with Crippen molar-refractivity contribution in [3.8, 4) is 0 Å². The molecule has 7 aromatic rings. The second-order valence-electron chi connectivity index (χ2n) is 20.6. The predicted molar refractivity (Wildman–Crippen MR) is 290 cm³/mol. The molecule has 14 rings (SSSR count). The zero-order valence-electron chi connectivity index (χ0n) is 41.9. The Labute approximate surface area is 407 Å². The van der Waals surface area contributed by atoms with Gasteiger partial charge in [0.05, 0.1) is 22.1 Å². The number of allylic oxidation sites excluding steroid dienone is 9. The molecule has 68 heavy (non-hydrogen) atoms. The molecule has 4 heteroatoms. The quantitative estimate of drug-likeness (QED) is 0.152. The molecular formula is C64H74N4. The molecule has 0 spiro atoms. The van der Waals surface area contributed by atoms with Gasteiger partial charge in [0.25, 0.3) is 0 Å². The Kier molecular flexibility index (Phi) is 15.2. The van der Waals surface area contributed by atoms with Crippen LogP contribution in [0.1, 0.15) is 117 Å². The maximum absolute atomic E-state index is 4.68. The molecule has 0 radical (unpaired) electrons. The van der Waals surface area contributed by atoms with Crippen molar-refractivity contribution in [2.24, 2.45) is 23.7 Å². The molecular weight excluding hydrogens is 825 g/mol. The maximum atomic E-state index is 4.68. The van der Waals surface area contributed by atoms with Gasteiger partial charge in [-0.25, -0.2) is 9.97 Å². The summed E-state index contributed by atoms with van der Waals surface area (Å²) in [6.45, 7) is 15.2. The lowest BCUT2D eigenvalue weighted by atomic mass is 9.89. The monoisotopic (exact) mass is 899 g/mol. The number of nitrogens with zero attached hydrogens (tertiary/aromatic N) is 4. The summed E-state index contributed by atoms with van der Waals surface area (Å²) in [4.78, 5) is 9.29. The second-order valence-corrected chi connectivity index (χ2v) is 20.6. The van der Waals surface area contributed by atoms with Crippen molar-refractivity contribution >= 4 is 38.9 Å². The van der Waals surface area contributed by atoms with Gasteiger partial charge in [0, 0.05) is 25.9 Å². The third-order valence-corrected chi connectivity index (χ3v) is 15.0. The van der Waals surface area contributed by atoms with Gasteiger partial charge in [-0.3, -0.25) is 0 Å². The van der Waals surface area contributed by atoms with Crippen molar-refractivity contribution in [1.82, 2.24) is 19.1 Å². The van der Waals surface area contributed by atoms with Gasteiger partial charge in [-0.2, -0.15) is 0 Å². The van der Waals surface area contributed by atoms with Crippen LogP contribution in [-0.2, 0) is 32.4 Å². The van der Waals surface area contributed by atoms with Crippen LogP contribution in [0.15, 0.2) is 151 Å². The van der Waals surface area contributed by atoms with Crippen molar-refractivity contribution in [3.63, 3.8) is 0 Å². The topological polar surface area (TPSA) is 35.6 Å². The molecule has 0 N–H and O–H groups in total. The summed E-state index contributed by atoms with van der Waals surface area (Å²) in [7, 11) is 0. The molecule has 2 aromatic heterocycles. The van der Waals surface area contributed by atoms with Crippen molar-refractivity contribution in [1.29, 1.82) is 0 Å². The third-order valence-electron chi connectivity index (χ3n) is 15.0. The molecule has 7 aliphatic rings. The van der Waals surface area contributed by atoms with Crippen LogP contribution >= 0.6 is 0 Å². The zero-order chi connectivity index (χ0) is 47.0. The Morgan fingerprint density at radius 2 is 0.971 bits per heavy atom. The number of rotatable bonds is 0. The lowest BCUT2D eigenvalue weighted by molar-refractivity contribution is 0.533. The van der Waals surface area contributed by atoms with Gasteiger partial charge < -0.3 is 9.13 Å². The van der Waals surface area contributed by atoms with E-state index in [4.69, 9.17) is 0 Å². The maximum Gasteiger partial charge on any atom is 0.109 e. The van der Waals surface area contributed by atoms with E-state index < -0.39 is 0 Å². The van der Waals surface area contributed by atoms with Crippen LogP contribution in [0.25, 0.3) is 38.9 Å². The van der Waals surface area contributed by atoms with E-state index in [1.165, 1.54) is 141 Å². The van der Waals surface area contributed by atoms with Gasteiger partial charge in [0.1, 0.15) is 11.6 Å². The smallest absolute Gasteiger partial charge is 0.109 e. The molecule has 4 heterocycles. The molecule has 0 bridgehead atoms. The van der Waals surface area contributed by atoms with E-state index in [1.54, 1.807) is 0 Å². The standard InChI is InChI=1S/C12H14N2.C11H12N2.C11H10.2C10H14.C10H10/c1-9-5-6-11-10(8-9)13-12-4-2-3-7-14(11)12;1-8-4-5-10-9(7-8)12-11-3-2-6-13(10)11;1-9-6-7-10-4-2-3-5-11(10)8-9;3*1-8-5-6-9-3-2-4-10(9)7-8/h5-6,8H,2-4,7H2,1H3;4-5,7H,2-3,6H2,1H3;2-8H,1H3;2*5-7,9-10H,2-4H2,1H3;2,4-7H,3H2,1H3. The Hall–Kier alpha value is -6.00. The van der Waals surface area contributed by atoms with E-state index in [0.717, 1.165) is 61.5 Å². The zero-order valence-corrected chi connectivity index (χ0v) is 41.9. The number of benzene rings is 5. The van der Waals surface area contributed by atoms with E-state index in [9.17, 15) is 0 Å². The Morgan fingerprint density at radius 3 is 1.60 bits per heavy atom. The first-order chi connectivity index (χ1) is 33.1. The van der Waals surface area contributed by atoms with Crippen LogP contribution in [-0.4, -0.2) is 19.1 Å². The number of hydrogen-bond acceptors (Lipinski definition) is 2. The van der Waals surface area contributed by atoms with Crippen LogP contribution in [0.2, 0.25) is 0 Å². The van der Waals surface area contributed by atoms with Crippen molar-refractivity contribution in [2.45, 2.75) is 132 Å². The van der Waals surface area contributed by atoms with Gasteiger partial charge in [-0.15, -0.1) is 0 Å². The van der Waals surface area contributed by atoms with Gasteiger partial charge in [0.2, 0.25) is 0 Å². The molecule has 5 aromatic carbocycles. The highest BCUT2D eigenvalue weighted by molar-refractivity contribution is 5.83. The highest BCUT2D eigenvalue weighted by atomic mass is 15.1. The lowest BCUT2D eigenvalue weighted by Crippen LogP contribution is -2.09. The largest absolute Gasteiger partial charge is 0.328 e. The van der Waals surface area contributed by atoms with Gasteiger partial charge in [-0.05, 0) is 174 Å². The van der Waals surface area contributed by atoms with E-state index in [1.807, 2.05) is 0 Å². The average Bonchev–Trinajstić information content (AvgIpc) is 4.21. The number of aromatic nitrogens is 4. The fourth-order valence-corrected chi connectivity index (χ4v) is 11.3. The number of fused-ring (bicyclic) bond motifs is 10. The van der Waals surface area contributed by atoms with E-state index in [2.05, 4.69) is 206 Å². The summed E-state index contributed by atoms with van der Waals surface area (Å²) >= 11 is 0. The summed E-state index contributed by atoms with van der Waals surface area (Å²) in [5.41, 5.74) is 16.0. The van der Waals surface area contributed by atoms with Crippen LogP contribution in [0.3, 0.4) is 0 Å². The van der Waals surface area contributed by atoms with Crippen molar-refractivity contribution in [2.75, 3.05) is 0 Å². The van der Waals surface area contributed by atoms with Gasteiger partial charge in [0.15, 0.2) is 0 Å². The van der Waals surface area contributed by atoms with E-state index in [0.29, 0.717) is 0 Å². The Morgan fingerprint density at radius 1 is 0.456 bits per heavy atom.